The molecule has 188 valence electrons. The molecule has 0 bridgehead atoms. The Hall–Kier alpha value is -4.38. The summed E-state index contributed by atoms with van der Waals surface area (Å²) in [5.74, 6) is 0. The number of nitrogens with zero attached hydrogens (tertiary/aromatic N) is 2. The molecule has 4 heteroatoms. The van der Waals surface area contributed by atoms with Crippen LogP contribution in [-0.2, 0) is 0 Å². The molecule has 0 atom stereocenters. The van der Waals surface area contributed by atoms with Crippen molar-refractivity contribution in [2.75, 3.05) is 0 Å². The first kappa shape index (κ1) is 22.4. The predicted molar refractivity (Wildman–Crippen MR) is 176 cm³/mol. The normalized spacial score (nSPS) is 12.1. The van der Waals surface area contributed by atoms with Crippen LogP contribution in [0.25, 0.3) is 75.2 Å². The average Bonchev–Trinajstić information content (AvgIpc) is 3.64. The molecule has 9 rings (SSSR count). The molecule has 3 heterocycles. The fourth-order valence-electron chi connectivity index (χ4n) is 6.46. The van der Waals surface area contributed by atoms with Crippen molar-refractivity contribution in [2.45, 2.75) is 0 Å². The number of hydrogen-bond donors (Lipinski definition) is 0. The summed E-state index contributed by atoms with van der Waals surface area (Å²) in [5, 5.41) is 7.68. The predicted octanol–water partition coefficient (Wildman–Crippen LogP) is 11.0. The molecule has 0 aliphatic rings. The molecule has 0 amide bonds. The molecule has 0 N–H and O–H groups in total. The first-order valence-electron chi connectivity index (χ1n) is 13.4. The Labute approximate surface area is 242 Å². The minimum Gasteiger partial charge on any atom is -0.309 e. The summed E-state index contributed by atoms with van der Waals surface area (Å²) in [4.78, 5) is 0. The molecule has 0 aliphatic carbocycles. The molecule has 6 aromatic carbocycles. The smallest absolute Gasteiger partial charge is 0.0542 e. The zero-order valence-electron chi connectivity index (χ0n) is 21.3. The second kappa shape index (κ2) is 8.31. The Morgan fingerprint density at radius 3 is 1.48 bits per heavy atom. The van der Waals surface area contributed by atoms with Gasteiger partial charge in [0.15, 0.2) is 0 Å². The fourth-order valence-corrected chi connectivity index (χ4v) is 7.88. The van der Waals surface area contributed by atoms with Crippen molar-refractivity contribution in [3.8, 4) is 11.4 Å². The van der Waals surface area contributed by atoms with Crippen LogP contribution < -0.4 is 0 Å². The van der Waals surface area contributed by atoms with Gasteiger partial charge in [0, 0.05) is 57.6 Å². The second-order valence-electron chi connectivity index (χ2n) is 10.3. The van der Waals surface area contributed by atoms with Gasteiger partial charge in [0.1, 0.15) is 0 Å². The van der Waals surface area contributed by atoms with Crippen LogP contribution in [0.2, 0.25) is 0 Å². The zero-order chi connectivity index (χ0) is 26.4. The van der Waals surface area contributed by atoms with Gasteiger partial charge in [-0.05, 0) is 72.8 Å². The van der Waals surface area contributed by atoms with Crippen LogP contribution in [0.3, 0.4) is 0 Å². The third-order valence-corrected chi connectivity index (χ3v) is 9.81. The van der Waals surface area contributed by atoms with E-state index in [1.807, 2.05) is 11.3 Å². The molecule has 2 nitrogen and oxygen atoms in total. The minimum absolute atomic E-state index is 1.11. The highest BCUT2D eigenvalue weighted by atomic mass is 79.9. The molecule has 0 radical (unpaired) electrons. The van der Waals surface area contributed by atoms with E-state index in [2.05, 4.69) is 152 Å². The number of hydrogen-bond acceptors (Lipinski definition) is 1. The molecule has 40 heavy (non-hydrogen) atoms. The van der Waals surface area contributed by atoms with Crippen molar-refractivity contribution in [3.63, 3.8) is 0 Å². The second-order valence-corrected chi connectivity index (χ2v) is 12.3. The first-order valence-corrected chi connectivity index (χ1v) is 15.0. The highest BCUT2D eigenvalue weighted by Gasteiger charge is 2.17. The van der Waals surface area contributed by atoms with Crippen molar-refractivity contribution in [1.82, 2.24) is 9.13 Å². The van der Waals surface area contributed by atoms with E-state index in [9.17, 15) is 0 Å². The van der Waals surface area contributed by atoms with Crippen LogP contribution in [0.4, 0.5) is 0 Å². The first-order chi connectivity index (χ1) is 19.7. The van der Waals surface area contributed by atoms with E-state index in [0.29, 0.717) is 0 Å². The number of benzene rings is 6. The Morgan fingerprint density at radius 2 is 0.850 bits per heavy atom. The van der Waals surface area contributed by atoms with E-state index in [1.165, 1.54) is 75.2 Å². The van der Waals surface area contributed by atoms with Gasteiger partial charge in [0.25, 0.3) is 0 Å². The van der Waals surface area contributed by atoms with Crippen LogP contribution in [0.1, 0.15) is 0 Å². The zero-order valence-corrected chi connectivity index (χ0v) is 23.7. The maximum atomic E-state index is 3.68. The molecule has 3 aromatic heterocycles. The van der Waals surface area contributed by atoms with Crippen LogP contribution in [0.5, 0.6) is 0 Å². The van der Waals surface area contributed by atoms with E-state index in [-0.39, 0.29) is 0 Å². The van der Waals surface area contributed by atoms with E-state index < -0.39 is 0 Å². The quantitative estimate of drug-likeness (QED) is 0.189. The summed E-state index contributed by atoms with van der Waals surface area (Å²) in [7, 11) is 0. The van der Waals surface area contributed by atoms with Crippen molar-refractivity contribution >= 4 is 91.1 Å². The Morgan fingerprint density at radius 1 is 0.400 bits per heavy atom. The van der Waals surface area contributed by atoms with Crippen LogP contribution in [0, 0.1) is 0 Å². The fraction of sp³-hybridized carbons (Fsp3) is 0. The largest absolute Gasteiger partial charge is 0.309 e. The molecule has 0 fully saturated rings. The van der Waals surface area contributed by atoms with Gasteiger partial charge in [-0.3, -0.25) is 0 Å². The van der Waals surface area contributed by atoms with E-state index in [4.69, 9.17) is 0 Å². The maximum Gasteiger partial charge on any atom is 0.0542 e. The standard InChI is InChI=1S/C36H21BrN2S/c37-22-13-17-35-29(19-22)30-21-24(15-18-36(30)40-35)39-33-12-6-3-9-27(33)28-20-23(14-16-34(28)39)38-31-10-4-1-7-25(31)26-8-2-5-11-32(26)38/h1-21H. The lowest BCUT2D eigenvalue weighted by atomic mass is 10.1. The lowest BCUT2D eigenvalue weighted by Crippen LogP contribution is -1.95. The molecular formula is C36H21BrN2S. The number of halogens is 1. The molecule has 0 spiro atoms. The SMILES string of the molecule is Brc1ccc2sc3ccc(-n4c5ccccc5c5cc(-n6c7ccccc7c7ccccc76)ccc54)cc3c2c1. The van der Waals surface area contributed by atoms with Gasteiger partial charge in [0.05, 0.1) is 22.1 Å². The maximum absolute atomic E-state index is 3.68. The number of para-hydroxylation sites is 3. The molecule has 0 aliphatic heterocycles. The summed E-state index contributed by atoms with van der Waals surface area (Å²) < 4.78 is 8.55. The third kappa shape index (κ3) is 3.09. The van der Waals surface area contributed by atoms with E-state index in [0.717, 1.165) is 4.47 Å². The summed E-state index contributed by atoms with van der Waals surface area (Å²) >= 11 is 5.53. The van der Waals surface area contributed by atoms with Crippen molar-refractivity contribution in [3.05, 3.63) is 132 Å². The summed E-state index contributed by atoms with van der Waals surface area (Å²) in [6, 6.07) is 46.6. The monoisotopic (exact) mass is 592 g/mol. The van der Waals surface area contributed by atoms with Gasteiger partial charge in [-0.15, -0.1) is 11.3 Å². The van der Waals surface area contributed by atoms with Gasteiger partial charge in [-0.1, -0.05) is 70.5 Å². The summed E-state index contributed by atoms with van der Waals surface area (Å²) in [6.45, 7) is 0. The average molecular weight is 594 g/mol. The lowest BCUT2D eigenvalue weighted by Gasteiger charge is -2.10. The highest BCUT2D eigenvalue weighted by molar-refractivity contribution is 9.10. The number of aromatic nitrogens is 2. The molecule has 9 aromatic rings. The highest BCUT2D eigenvalue weighted by Crippen LogP contribution is 2.40. The van der Waals surface area contributed by atoms with Gasteiger partial charge in [0.2, 0.25) is 0 Å². The van der Waals surface area contributed by atoms with Gasteiger partial charge in [-0.25, -0.2) is 0 Å². The van der Waals surface area contributed by atoms with Crippen molar-refractivity contribution in [1.29, 1.82) is 0 Å². The number of rotatable bonds is 2. The lowest BCUT2D eigenvalue weighted by molar-refractivity contribution is 1.17. The van der Waals surface area contributed by atoms with Gasteiger partial charge in [-0.2, -0.15) is 0 Å². The molecule has 0 saturated carbocycles. The number of thiophene rings is 1. The Balaban J connectivity index is 1.33. The summed E-state index contributed by atoms with van der Waals surface area (Å²) in [6.07, 6.45) is 0. The molecule has 0 saturated heterocycles. The van der Waals surface area contributed by atoms with Crippen LogP contribution >= 0.6 is 27.3 Å². The molecule has 0 unspecified atom stereocenters. The Bertz CT molecular complexity index is 2400. The molecular weight excluding hydrogens is 572 g/mol. The van der Waals surface area contributed by atoms with E-state index >= 15 is 0 Å². The Kier molecular flexibility index (Phi) is 4.66. The third-order valence-electron chi connectivity index (χ3n) is 8.17. The van der Waals surface area contributed by atoms with Gasteiger partial charge >= 0.3 is 0 Å². The van der Waals surface area contributed by atoms with Crippen molar-refractivity contribution < 1.29 is 0 Å². The van der Waals surface area contributed by atoms with Crippen LogP contribution in [-0.4, -0.2) is 9.13 Å². The summed E-state index contributed by atoms with van der Waals surface area (Å²) in [5.41, 5.74) is 7.25. The van der Waals surface area contributed by atoms with E-state index in [1.54, 1.807) is 0 Å². The minimum atomic E-state index is 1.11. The van der Waals surface area contributed by atoms with Crippen LogP contribution in [0.15, 0.2) is 132 Å². The number of fused-ring (bicyclic) bond motifs is 9. The topological polar surface area (TPSA) is 9.86 Å². The van der Waals surface area contributed by atoms with Gasteiger partial charge < -0.3 is 9.13 Å². The van der Waals surface area contributed by atoms with Crippen molar-refractivity contribution in [2.24, 2.45) is 0 Å².